The number of thioether (sulfide) groups is 1. The van der Waals surface area contributed by atoms with E-state index in [4.69, 9.17) is 4.42 Å². The van der Waals surface area contributed by atoms with Gasteiger partial charge in [0, 0.05) is 12.5 Å². The Morgan fingerprint density at radius 3 is 2.27 bits per heavy atom. The monoisotopic (exact) mass is 419 g/mol. The number of benzene rings is 2. The zero-order valence-corrected chi connectivity index (χ0v) is 18.5. The van der Waals surface area contributed by atoms with Crippen LogP contribution in [0, 0.1) is 6.92 Å². The minimum atomic E-state index is 0.111. The molecule has 30 heavy (non-hydrogen) atoms. The highest BCUT2D eigenvalue weighted by Crippen LogP contribution is 2.29. The van der Waals surface area contributed by atoms with Crippen molar-refractivity contribution in [2.24, 2.45) is 0 Å². The summed E-state index contributed by atoms with van der Waals surface area (Å²) in [6.07, 6.45) is 0. The predicted octanol–water partition coefficient (Wildman–Crippen LogP) is 5.27. The Morgan fingerprint density at radius 2 is 1.63 bits per heavy atom. The third kappa shape index (κ3) is 4.62. The van der Waals surface area contributed by atoms with Crippen LogP contribution in [0.1, 0.15) is 43.7 Å². The maximum Gasteiger partial charge on any atom is 0.226 e. The molecule has 0 saturated heterocycles. The van der Waals surface area contributed by atoms with E-state index in [9.17, 15) is 0 Å². The average Bonchev–Trinajstić information content (AvgIpc) is 3.32. The van der Waals surface area contributed by atoms with Crippen molar-refractivity contribution in [3.8, 4) is 11.4 Å². The van der Waals surface area contributed by atoms with Gasteiger partial charge in [-0.2, -0.15) is 0 Å². The number of aryl methyl sites for hydroxylation is 1. The van der Waals surface area contributed by atoms with Crippen molar-refractivity contribution in [3.63, 3.8) is 0 Å². The van der Waals surface area contributed by atoms with Gasteiger partial charge in [0.25, 0.3) is 0 Å². The molecule has 2 aromatic carbocycles. The van der Waals surface area contributed by atoms with Crippen LogP contribution >= 0.6 is 11.8 Å². The first-order valence-electron chi connectivity index (χ1n) is 9.90. The minimum absolute atomic E-state index is 0.111. The lowest BCUT2D eigenvalue weighted by Crippen LogP contribution is -2.10. The highest BCUT2D eigenvalue weighted by atomic mass is 32.2. The summed E-state index contributed by atoms with van der Waals surface area (Å²) in [6, 6.07) is 18.9. The first-order chi connectivity index (χ1) is 14.4. The van der Waals surface area contributed by atoms with Gasteiger partial charge in [0.2, 0.25) is 11.8 Å². The van der Waals surface area contributed by atoms with Gasteiger partial charge >= 0.3 is 0 Å². The quantitative estimate of drug-likeness (QED) is 0.396. The van der Waals surface area contributed by atoms with Crippen LogP contribution in [0.15, 0.2) is 64.2 Å². The molecule has 0 fully saturated rings. The summed E-state index contributed by atoms with van der Waals surface area (Å²) in [7, 11) is 0. The van der Waals surface area contributed by atoms with Gasteiger partial charge in [-0.3, -0.25) is 4.57 Å². The van der Waals surface area contributed by atoms with Crippen LogP contribution in [0.2, 0.25) is 0 Å². The van der Waals surface area contributed by atoms with E-state index in [0.717, 1.165) is 16.5 Å². The highest BCUT2D eigenvalue weighted by molar-refractivity contribution is 7.98. The molecule has 0 aliphatic carbocycles. The van der Waals surface area contributed by atoms with Crippen LogP contribution in [0.25, 0.3) is 11.4 Å². The second-order valence-electron chi connectivity index (χ2n) is 8.21. The number of aromatic nitrogens is 5. The van der Waals surface area contributed by atoms with Crippen LogP contribution in [-0.2, 0) is 17.7 Å². The van der Waals surface area contributed by atoms with Crippen molar-refractivity contribution in [1.82, 2.24) is 25.0 Å². The Morgan fingerprint density at radius 1 is 0.900 bits per heavy atom. The minimum Gasteiger partial charge on any atom is -0.425 e. The third-order valence-corrected chi connectivity index (χ3v) is 5.75. The van der Waals surface area contributed by atoms with E-state index in [-0.39, 0.29) is 5.41 Å². The van der Waals surface area contributed by atoms with Gasteiger partial charge < -0.3 is 4.42 Å². The van der Waals surface area contributed by atoms with Crippen LogP contribution in [0.4, 0.5) is 0 Å². The fourth-order valence-electron chi connectivity index (χ4n) is 3.16. The largest absolute Gasteiger partial charge is 0.425 e. The lowest BCUT2D eigenvalue weighted by atomic mass is 9.87. The zero-order chi connectivity index (χ0) is 21.1. The van der Waals surface area contributed by atoms with Gasteiger partial charge in [0.05, 0.1) is 12.3 Å². The molecule has 2 aromatic heterocycles. The van der Waals surface area contributed by atoms with Crippen molar-refractivity contribution < 1.29 is 4.42 Å². The Balaban J connectivity index is 1.66. The molecule has 4 aromatic rings. The van der Waals surface area contributed by atoms with Crippen molar-refractivity contribution in [1.29, 1.82) is 0 Å². The maximum atomic E-state index is 5.50. The number of rotatable bonds is 6. The number of hydrogen-bond donors (Lipinski definition) is 0. The molecule has 6 nitrogen and oxygen atoms in total. The molecule has 0 N–H and O–H groups in total. The van der Waals surface area contributed by atoms with E-state index in [2.05, 4.69) is 82.1 Å². The van der Waals surface area contributed by atoms with Crippen molar-refractivity contribution >= 4 is 11.8 Å². The van der Waals surface area contributed by atoms with Crippen molar-refractivity contribution in [3.05, 3.63) is 77.5 Å². The van der Waals surface area contributed by atoms with Crippen LogP contribution in [0.5, 0.6) is 0 Å². The maximum absolute atomic E-state index is 5.50. The lowest BCUT2D eigenvalue weighted by molar-refractivity contribution is 0.485. The molecule has 0 aliphatic heterocycles. The average molecular weight is 420 g/mol. The van der Waals surface area contributed by atoms with Crippen LogP contribution < -0.4 is 0 Å². The molecule has 0 saturated carbocycles. The van der Waals surface area contributed by atoms with Gasteiger partial charge in [-0.15, -0.1) is 20.4 Å². The number of hydrogen-bond acceptors (Lipinski definition) is 6. The Bertz CT molecular complexity index is 1110. The Labute approximate surface area is 180 Å². The first-order valence-corrected chi connectivity index (χ1v) is 10.9. The molecule has 0 unspecified atom stereocenters. The SMILES string of the molecule is Cc1nnc(CSc2nnc(-c3ccc(C(C)(C)C)cc3)n2Cc2ccccc2)o1. The van der Waals surface area contributed by atoms with Gasteiger partial charge in [0.1, 0.15) is 0 Å². The molecule has 0 amide bonds. The second kappa shape index (κ2) is 8.44. The Hall–Kier alpha value is -2.93. The smallest absolute Gasteiger partial charge is 0.226 e. The molecule has 4 rings (SSSR count). The fraction of sp³-hybridized carbons (Fsp3) is 0.304. The van der Waals surface area contributed by atoms with Gasteiger partial charge in [-0.05, 0) is 16.5 Å². The molecule has 0 spiro atoms. The summed E-state index contributed by atoms with van der Waals surface area (Å²) in [5.41, 5.74) is 3.65. The zero-order valence-electron chi connectivity index (χ0n) is 17.7. The summed E-state index contributed by atoms with van der Waals surface area (Å²) in [4.78, 5) is 0. The second-order valence-corrected chi connectivity index (χ2v) is 9.15. The normalized spacial score (nSPS) is 11.7. The van der Waals surface area contributed by atoms with Crippen LogP contribution in [0.3, 0.4) is 0 Å². The van der Waals surface area contributed by atoms with E-state index < -0.39 is 0 Å². The molecule has 154 valence electrons. The Kier molecular flexibility index (Phi) is 5.72. The molecule has 0 atom stereocenters. The summed E-state index contributed by atoms with van der Waals surface area (Å²) in [5.74, 6) is 2.55. The molecule has 0 aliphatic rings. The van der Waals surface area contributed by atoms with Gasteiger partial charge in [0.15, 0.2) is 11.0 Å². The van der Waals surface area contributed by atoms with Crippen molar-refractivity contribution in [2.75, 3.05) is 0 Å². The van der Waals surface area contributed by atoms with E-state index in [1.165, 1.54) is 11.1 Å². The molecular weight excluding hydrogens is 394 g/mol. The molecule has 0 bridgehead atoms. The molecular formula is C23H25N5OS. The third-order valence-electron chi connectivity index (χ3n) is 4.80. The lowest BCUT2D eigenvalue weighted by Gasteiger charge is -2.19. The van der Waals surface area contributed by atoms with Crippen LogP contribution in [-0.4, -0.2) is 25.0 Å². The highest BCUT2D eigenvalue weighted by Gasteiger charge is 2.18. The predicted molar refractivity (Wildman–Crippen MR) is 118 cm³/mol. The summed E-state index contributed by atoms with van der Waals surface area (Å²) in [5, 5.41) is 17.8. The molecule has 7 heteroatoms. The van der Waals surface area contributed by atoms with E-state index in [0.29, 0.717) is 24.1 Å². The first kappa shape index (κ1) is 20.3. The topological polar surface area (TPSA) is 69.6 Å². The fourth-order valence-corrected chi connectivity index (χ4v) is 3.93. The van der Waals surface area contributed by atoms with E-state index in [1.54, 1.807) is 18.7 Å². The summed E-state index contributed by atoms with van der Waals surface area (Å²) < 4.78 is 7.65. The summed E-state index contributed by atoms with van der Waals surface area (Å²) >= 11 is 1.55. The van der Waals surface area contributed by atoms with E-state index in [1.807, 2.05) is 18.2 Å². The van der Waals surface area contributed by atoms with Crippen molar-refractivity contribution in [2.45, 2.75) is 50.6 Å². The molecule has 2 heterocycles. The standard InChI is InChI=1S/C23H25N5OS/c1-16-24-25-20(29-16)15-30-22-27-26-21(28(22)14-17-8-6-5-7-9-17)18-10-12-19(13-11-18)23(2,3)4/h5-13H,14-15H2,1-4H3. The van der Waals surface area contributed by atoms with Gasteiger partial charge in [-0.1, -0.05) is 87.1 Å². The van der Waals surface area contributed by atoms with Gasteiger partial charge in [-0.25, -0.2) is 0 Å². The molecule has 0 radical (unpaired) electrons. The number of nitrogens with zero attached hydrogens (tertiary/aromatic N) is 5. The van der Waals surface area contributed by atoms with E-state index >= 15 is 0 Å². The summed E-state index contributed by atoms with van der Waals surface area (Å²) in [6.45, 7) is 9.13.